The van der Waals surface area contributed by atoms with E-state index in [0.29, 0.717) is 12.3 Å². The van der Waals surface area contributed by atoms with E-state index in [0.717, 1.165) is 17.1 Å². The molecule has 0 unspecified atom stereocenters. The van der Waals surface area contributed by atoms with Gasteiger partial charge in [0.1, 0.15) is 11.5 Å². The molecule has 2 aromatic rings. The first-order valence-corrected chi connectivity index (χ1v) is 5.42. The second kappa shape index (κ2) is 5.16. The summed E-state index contributed by atoms with van der Waals surface area (Å²) in [6.07, 6.45) is 0.589. The van der Waals surface area contributed by atoms with Gasteiger partial charge in [0.2, 0.25) is 5.84 Å². The molecule has 0 aliphatic carbocycles. The molecule has 2 rings (SSSR count). The van der Waals surface area contributed by atoms with Gasteiger partial charge in [0.25, 0.3) is 0 Å². The van der Waals surface area contributed by atoms with Gasteiger partial charge in [-0.1, -0.05) is 30.3 Å². The average molecular weight is 227 g/mol. The lowest BCUT2D eigenvalue weighted by Crippen LogP contribution is -2.46. The van der Waals surface area contributed by atoms with E-state index < -0.39 is 0 Å². The molecule has 2 aromatic carbocycles. The monoisotopic (exact) mass is 227 g/mol. The highest BCUT2D eigenvalue weighted by molar-refractivity contribution is 5.76. The highest BCUT2D eigenvalue weighted by Crippen LogP contribution is 2.21. The SMILES string of the molecule is NC(=[NH2+])Cc1ccc(Oc2ccccc2)cc1. The molecule has 0 spiro atoms. The van der Waals surface area contributed by atoms with Crippen LogP contribution in [-0.2, 0) is 6.42 Å². The molecule has 0 heterocycles. The molecular formula is C14H15N2O+. The molecule has 3 nitrogen and oxygen atoms in total. The maximum atomic E-state index is 5.67. The van der Waals surface area contributed by atoms with Crippen LogP contribution in [0.4, 0.5) is 0 Å². The molecule has 0 saturated heterocycles. The third kappa shape index (κ3) is 3.34. The predicted octanol–water partition coefficient (Wildman–Crippen LogP) is 1.14. The Morgan fingerprint density at radius 3 is 2.12 bits per heavy atom. The smallest absolute Gasteiger partial charge is 0.242 e. The summed E-state index contributed by atoms with van der Waals surface area (Å²) in [6.45, 7) is 0. The van der Waals surface area contributed by atoms with Gasteiger partial charge in [0, 0.05) is 0 Å². The maximum absolute atomic E-state index is 5.67. The lowest BCUT2D eigenvalue weighted by molar-refractivity contribution is -0.117. The molecule has 0 radical (unpaired) electrons. The minimum absolute atomic E-state index is 0.418. The Balaban J connectivity index is 2.06. The van der Waals surface area contributed by atoms with Gasteiger partial charge < -0.3 is 4.74 Å². The highest BCUT2D eigenvalue weighted by Gasteiger charge is 2.00. The van der Waals surface area contributed by atoms with Crippen molar-refractivity contribution in [3.8, 4) is 11.5 Å². The summed E-state index contributed by atoms with van der Waals surface area (Å²) >= 11 is 0. The molecule has 0 fully saturated rings. The first-order chi connectivity index (χ1) is 8.24. The van der Waals surface area contributed by atoms with E-state index in [-0.39, 0.29) is 0 Å². The van der Waals surface area contributed by atoms with E-state index >= 15 is 0 Å². The van der Waals surface area contributed by atoms with Crippen molar-refractivity contribution in [1.82, 2.24) is 0 Å². The lowest BCUT2D eigenvalue weighted by atomic mass is 10.1. The summed E-state index contributed by atoms with van der Waals surface area (Å²) in [5, 5.41) is 5.45. The van der Waals surface area contributed by atoms with E-state index in [1.54, 1.807) is 0 Å². The van der Waals surface area contributed by atoms with Gasteiger partial charge in [-0.3, -0.25) is 11.1 Å². The van der Waals surface area contributed by atoms with Crippen LogP contribution in [0.2, 0.25) is 0 Å². The third-order valence-electron chi connectivity index (χ3n) is 2.31. The number of para-hydroxylation sites is 1. The van der Waals surface area contributed by atoms with Crippen LogP contribution in [-0.4, -0.2) is 5.84 Å². The first kappa shape index (κ1) is 11.2. The zero-order chi connectivity index (χ0) is 12.1. The van der Waals surface area contributed by atoms with Crippen molar-refractivity contribution in [2.24, 2.45) is 5.73 Å². The van der Waals surface area contributed by atoms with Crippen molar-refractivity contribution in [2.75, 3.05) is 0 Å². The van der Waals surface area contributed by atoms with Crippen molar-refractivity contribution >= 4 is 5.84 Å². The fourth-order valence-corrected chi connectivity index (χ4v) is 1.54. The third-order valence-corrected chi connectivity index (χ3v) is 2.31. The van der Waals surface area contributed by atoms with E-state index in [1.165, 1.54) is 0 Å². The van der Waals surface area contributed by atoms with Crippen molar-refractivity contribution in [1.29, 1.82) is 0 Å². The second-order valence-corrected chi connectivity index (χ2v) is 3.81. The van der Waals surface area contributed by atoms with Crippen molar-refractivity contribution < 1.29 is 10.1 Å². The topological polar surface area (TPSA) is 60.8 Å². The van der Waals surface area contributed by atoms with E-state index in [4.69, 9.17) is 15.9 Å². The summed E-state index contributed by atoms with van der Waals surface area (Å²) in [5.74, 6) is 2.04. The summed E-state index contributed by atoms with van der Waals surface area (Å²) < 4.78 is 5.67. The zero-order valence-corrected chi connectivity index (χ0v) is 9.47. The number of hydrogen-bond donors (Lipinski definition) is 2. The first-order valence-electron chi connectivity index (χ1n) is 5.42. The lowest BCUT2D eigenvalue weighted by Gasteiger charge is -2.05. The van der Waals surface area contributed by atoms with Crippen LogP contribution in [0, 0.1) is 0 Å². The molecule has 3 heteroatoms. The quantitative estimate of drug-likeness (QED) is 0.607. The van der Waals surface area contributed by atoms with Crippen LogP contribution >= 0.6 is 0 Å². The Kier molecular flexibility index (Phi) is 3.40. The van der Waals surface area contributed by atoms with Gasteiger partial charge in [-0.05, 0) is 29.8 Å². The van der Waals surface area contributed by atoms with E-state index in [2.05, 4.69) is 0 Å². The normalized spacial score (nSPS) is 9.88. The molecular weight excluding hydrogens is 212 g/mol. The Morgan fingerprint density at radius 2 is 1.53 bits per heavy atom. The van der Waals surface area contributed by atoms with Gasteiger partial charge in [0.05, 0.1) is 6.42 Å². The van der Waals surface area contributed by atoms with Crippen LogP contribution in [0.25, 0.3) is 0 Å². The van der Waals surface area contributed by atoms with Crippen molar-refractivity contribution in [2.45, 2.75) is 6.42 Å². The van der Waals surface area contributed by atoms with Gasteiger partial charge in [0.15, 0.2) is 0 Å². The Labute approximate surface area is 100 Å². The summed E-state index contributed by atoms with van der Waals surface area (Å²) in [5.41, 5.74) is 6.52. The number of ether oxygens (including phenoxy) is 1. The van der Waals surface area contributed by atoms with Crippen LogP contribution in [0.1, 0.15) is 5.56 Å². The standard InChI is InChI=1S/C14H14N2O/c15-14(16)10-11-6-8-13(9-7-11)17-12-4-2-1-3-5-12/h1-9H,10H2,(H3,15,16)/p+1. The Hall–Kier alpha value is -2.29. The largest absolute Gasteiger partial charge is 0.457 e. The van der Waals surface area contributed by atoms with Crippen LogP contribution in [0.5, 0.6) is 11.5 Å². The summed E-state index contributed by atoms with van der Waals surface area (Å²) in [4.78, 5) is 0. The molecule has 0 bridgehead atoms. The molecule has 86 valence electrons. The van der Waals surface area contributed by atoms with Crippen molar-refractivity contribution in [3.63, 3.8) is 0 Å². The van der Waals surface area contributed by atoms with Gasteiger partial charge in [-0.25, -0.2) is 0 Å². The van der Waals surface area contributed by atoms with Crippen molar-refractivity contribution in [3.05, 3.63) is 60.2 Å². The van der Waals surface area contributed by atoms with Crippen LogP contribution < -0.4 is 15.9 Å². The molecule has 17 heavy (non-hydrogen) atoms. The number of rotatable bonds is 4. The molecule has 4 N–H and O–H groups in total. The second-order valence-electron chi connectivity index (χ2n) is 3.81. The highest BCUT2D eigenvalue weighted by atomic mass is 16.5. The van der Waals surface area contributed by atoms with Gasteiger partial charge in [-0.2, -0.15) is 0 Å². The van der Waals surface area contributed by atoms with Gasteiger partial charge in [-0.15, -0.1) is 0 Å². The number of nitrogens with two attached hydrogens (primary N) is 2. The molecule has 0 atom stereocenters. The Bertz CT molecular complexity index is 491. The fourth-order valence-electron chi connectivity index (χ4n) is 1.54. The molecule has 0 aromatic heterocycles. The molecule has 0 amide bonds. The molecule has 0 aliphatic rings. The summed E-state index contributed by atoms with van der Waals surface area (Å²) in [7, 11) is 0. The fraction of sp³-hybridized carbons (Fsp3) is 0.0714. The van der Waals surface area contributed by atoms with E-state index in [9.17, 15) is 0 Å². The van der Waals surface area contributed by atoms with Gasteiger partial charge >= 0.3 is 0 Å². The average Bonchev–Trinajstić information content (AvgIpc) is 2.32. The van der Waals surface area contributed by atoms with Crippen LogP contribution in [0.15, 0.2) is 54.6 Å². The van der Waals surface area contributed by atoms with E-state index in [1.807, 2.05) is 54.6 Å². The molecule has 0 aliphatic heterocycles. The summed E-state index contributed by atoms with van der Waals surface area (Å²) in [6, 6.07) is 17.4. The minimum Gasteiger partial charge on any atom is -0.457 e. The Morgan fingerprint density at radius 1 is 0.941 bits per heavy atom. The van der Waals surface area contributed by atoms with Crippen LogP contribution in [0.3, 0.4) is 0 Å². The number of hydrogen-bond acceptors (Lipinski definition) is 1. The molecule has 0 saturated carbocycles. The predicted molar refractivity (Wildman–Crippen MR) is 67.8 cm³/mol. The maximum Gasteiger partial charge on any atom is 0.242 e. The number of amidine groups is 1. The number of benzene rings is 2. The zero-order valence-electron chi connectivity index (χ0n) is 9.47. The minimum atomic E-state index is 0.418.